The van der Waals surface area contributed by atoms with E-state index in [1.807, 2.05) is 12.1 Å². The number of piperidine rings is 1. The van der Waals surface area contributed by atoms with Gasteiger partial charge in [-0.05, 0) is 44.4 Å². The molecule has 0 spiro atoms. The lowest BCUT2D eigenvalue weighted by molar-refractivity contribution is -0.122. The van der Waals surface area contributed by atoms with E-state index in [4.69, 9.17) is 11.6 Å². The molecule has 5 heteroatoms. The summed E-state index contributed by atoms with van der Waals surface area (Å²) in [6, 6.07) is 4.26. The number of rotatable bonds is 6. The van der Waals surface area contributed by atoms with Crippen LogP contribution in [0.1, 0.15) is 37.5 Å². The summed E-state index contributed by atoms with van der Waals surface area (Å²) in [5, 5.41) is 3.16. The smallest absolute Gasteiger partial charge is 0.220 e. The van der Waals surface area contributed by atoms with Gasteiger partial charge >= 0.3 is 0 Å². The predicted molar refractivity (Wildman–Crippen MR) is 85.5 cm³/mol. The van der Waals surface area contributed by atoms with Gasteiger partial charge in [-0.2, -0.15) is 0 Å². The molecule has 0 aromatic carbocycles. The number of thiophene rings is 1. The summed E-state index contributed by atoms with van der Waals surface area (Å²) >= 11 is 7.44. The van der Waals surface area contributed by atoms with Gasteiger partial charge < -0.3 is 10.2 Å². The average Bonchev–Trinajstić information content (AvgIpc) is 2.85. The van der Waals surface area contributed by atoms with Crippen LogP contribution >= 0.6 is 22.9 Å². The molecule has 1 aromatic rings. The Morgan fingerprint density at radius 3 is 2.80 bits per heavy atom. The second-order valence-corrected chi connectivity index (χ2v) is 7.19. The maximum atomic E-state index is 11.9. The quantitative estimate of drug-likeness (QED) is 0.873. The molecule has 0 radical (unpaired) electrons. The summed E-state index contributed by atoms with van der Waals surface area (Å²) < 4.78 is 0.795. The topological polar surface area (TPSA) is 32.3 Å². The molecule has 0 atom stereocenters. The van der Waals surface area contributed by atoms with Crippen molar-refractivity contribution in [1.82, 2.24) is 10.2 Å². The van der Waals surface area contributed by atoms with Crippen LogP contribution < -0.4 is 5.32 Å². The van der Waals surface area contributed by atoms with Gasteiger partial charge in [0.05, 0.1) is 4.34 Å². The molecule has 0 aliphatic carbocycles. The first-order valence-corrected chi connectivity index (χ1v) is 8.62. The van der Waals surface area contributed by atoms with Crippen LogP contribution in [0.4, 0.5) is 0 Å². The Kier molecular flexibility index (Phi) is 6.33. The largest absolute Gasteiger partial charge is 0.353 e. The van der Waals surface area contributed by atoms with E-state index in [9.17, 15) is 4.79 Å². The first-order chi connectivity index (χ1) is 9.67. The number of amides is 1. The van der Waals surface area contributed by atoms with Crippen molar-refractivity contribution in [1.29, 1.82) is 0 Å². The Labute approximate surface area is 130 Å². The molecule has 1 fully saturated rings. The maximum absolute atomic E-state index is 11.9. The molecular formula is C15H23ClN2OS. The van der Waals surface area contributed by atoms with Crippen LogP contribution in [0.5, 0.6) is 0 Å². The van der Waals surface area contributed by atoms with E-state index in [1.165, 1.54) is 17.8 Å². The fourth-order valence-corrected chi connectivity index (χ4v) is 3.73. The third-order valence-electron chi connectivity index (χ3n) is 3.72. The molecule has 20 heavy (non-hydrogen) atoms. The molecule has 3 nitrogen and oxygen atoms in total. The number of carbonyl (C=O) groups is 1. The Bertz CT molecular complexity index is 427. The summed E-state index contributed by atoms with van der Waals surface area (Å²) in [5.41, 5.74) is 0. The van der Waals surface area contributed by atoms with Crippen molar-refractivity contribution in [3.63, 3.8) is 0 Å². The summed E-state index contributed by atoms with van der Waals surface area (Å²) in [5.74, 6) is 0.170. The first kappa shape index (κ1) is 15.8. The van der Waals surface area contributed by atoms with Gasteiger partial charge in [0, 0.05) is 30.4 Å². The fourth-order valence-electron chi connectivity index (χ4n) is 2.64. The highest BCUT2D eigenvalue weighted by Crippen LogP contribution is 2.22. The van der Waals surface area contributed by atoms with E-state index in [0.29, 0.717) is 12.5 Å². The van der Waals surface area contributed by atoms with Gasteiger partial charge in [0.15, 0.2) is 0 Å². The van der Waals surface area contributed by atoms with Crippen LogP contribution in [-0.4, -0.2) is 36.5 Å². The van der Waals surface area contributed by atoms with E-state index in [0.717, 1.165) is 36.7 Å². The highest BCUT2D eigenvalue weighted by Gasteiger charge is 2.19. The molecule has 1 amide bonds. The zero-order valence-electron chi connectivity index (χ0n) is 12.0. The number of hydrogen-bond acceptors (Lipinski definition) is 3. The molecule has 1 aromatic heterocycles. The Morgan fingerprint density at radius 1 is 1.45 bits per heavy atom. The fraction of sp³-hybridized carbons (Fsp3) is 0.667. The molecule has 1 saturated heterocycles. The normalized spacial score (nSPS) is 17.3. The molecule has 0 saturated carbocycles. The monoisotopic (exact) mass is 314 g/mol. The van der Waals surface area contributed by atoms with Crippen LogP contribution in [0, 0.1) is 0 Å². The Morgan fingerprint density at radius 2 is 2.20 bits per heavy atom. The van der Waals surface area contributed by atoms with Gasteiger partial charge in [0.25, 0.3) is 0 Å². The molecule has 2 rings (SSSR count). The second-order valence-electron chi connectivity index (χ2n) is 5.39. The molecular weight excluding hydrogens is 292 g/mol. The van der Waals surface area contributed by atoms with E-state index in [-0.39, 0.29) is 5.91 Å². The number of nitrogens with zero attached hydrogens (tertiary/aromatic N) is 1. The zero-order valence-corrected chi connectivity index (χ0v) is 13.6. The van der Waals surface area contributed by atoms with E-state index in [1.54, 1.807) is 11.3 Å². The van der Waals surface area contributed by atoms with Crippen molar-refractivity contribution >= 4 is 28.8 Å². The number of likely N-dealkylation sites (tertiary alicyclic amines) is 1. The van der Waals surface area contributed by atoms with Crippen molar-refractivity contribution in [2.45, 2.75) is 45.1 Å². The number of hydrogen-bond donors (Lipinski definition) is 1. The van der Waals surface area contributed by atoms with Crippen LogP contribution in [0.2, 0.25) is 4.34 Å². The lowest BCUT2D eigenvalue weighted by atomic mass is 10.0. The lowest BCUT2D eigenvalue weighted by Crippen LogP contribution is -2.44. The molecule has 0 unspecified atom stereocenters. The standard InChI is InChI=1S/C15H23ClN2OS/c1-2-9-18-10-7-12(8-11-18)17-15(19)6-4-13-3-5-14(16)20-13/h3,5,12H,2,4,6-11H2,1H3,(H,17,19). The summed E-state index contributed by atoms with van der Waals surface area (Å²) in [7, 11) is 0. The second kappa shape index (κ2) is 8.01. The van der Waals surface area contributed by atoms with Gasteiger partial charge in [0.2, 0.25) is 5.91 Å². The highest BCUT2D eigenvalue weighted by molar-refractivity contribution is 7.16. The third kappa shape index (κ3) is 5.08. The van der Waals surface area contributed by atoms with E-state index >= 15 is 0 Å². The van der Waals surface area contributed by atoms with Crippen molar-refractivity contribution in [3.05, 3.63) is 21.3 Å². The molecule has 2 heterocycles. The van der Waals surface area contributed by atoms with Gasteiger partial charge in [-0.15, -0.1) is 11.3 Å². The van der Waals surface area contributed by atoms with Gasteiger partial charge in [-0.1, -0.05) is 18.5 Å². The zero-order chi connectivity index (χ0) is 14.4. The van der Waals surface area contributed by atoms with Crippen molar-refractivity contribution in [2.24, 2.45) is 0 Å². The third-order valence-corrected chi connectivity index (χ3v) is 5.01. The molecule has 1 aliphatic rings. The summed E-state index contributed by atoms with van der Waals surface area (Å²) in [6.07, 6.45) is 4.72. The Balaban J connectivity index is 1.65. The van der Waals surface area contributed by atoms with E-state index < -0.39 is 0 Å². The number of nitrogens with one attached hydrogen (secondary N) is 1. The molecule has 1 N–H and O–H groups in total. The van der Waals surface area contributed by atoms with Crippen LogP contribution in [-0.2, 0) is 11.2 Å². The Hall–Kier alpha value is -0.580. The van der Waals surface area contributed by atoms with Crippen LogP contribution in [0.15, 0.2) is 12.1 Å². The van der Waals surface area contributed by atoms with Gasteiger partial charge in [-0.25, -0.2) is 0 Å². The van der Waals surface area contributed by atoms with Crippen molar-refractivity contribution in [3.8, 4) is 0 Å². The SMILES string of the molecule is CCCN1CCC(NC(=O)CCc2ccc(Cl)s2)CC1. The predicted octanol–water partition coefficient (Wildman–Crippen LogP) is 3.32. The lowest BCUT2D eigenvalue weighted by Gasteiger charge is -2.32. The number of halogens is 1. The maximum Gasteiger partial charge on any atom is 0.220 e. The average molecular weight is 315 g/mol. The van der Waals surface area contributed by atoms with Crippen molar-refractivity contribution in [2.75, 3.05) is 19.6 Å². The first-order valence-electron chi connectivity index (χ1n) is 7.43. The van der Waals surface area contributed by atoms with Crippen molar-refractivity contribution < 1.29 is 4.79 Å². The van der Waals surface area contributed by atoms with E-state index in [2.05, 4.69) is 17.1 Å². The minimum atomic E-state index is 0.170. The molecule has 1 aliphatic heterocycles. The highest BCUT2D eigenvalue weighted by atomic mass is 35.5. The molecule has 112 valence electrons. The number of aryl methyl sites for hydroxylation is 1. The number of carbonyl (C=O) groups excluding carboxylic acids is 1. The minimum Gasteiger partial charge on any atom is -0.353 e. The minimum absolute atomic E-state index is 0.170. The van der Waals surface area contributed by atoms with Gasteiger partial charge in [-0.3, -0.25) is 4.79 Å². The summed E-state index contributed by atoms with van der Waals surface area (Å²) in [6.45, 7) is 5.61. The van der Waals surface area contributed by atoms with Crippen LogP contribution in [0.3, 0.4) is 0 Å². The van der Waals surface area contributed by atoms with Gasteiger partial charge in [0.1, 0.15) is 0 Å². The molecule has 0 bridgehead atoms. The summed E-state index contributed by atoms with van der Waals surface area (Å²) in [4.78, 5) is 15.6. The van der Waals surface area contributed by atoms with Crippen LogP contribution in [0.25, 0.3) is 0 Å².